The molecule has 2 nitrogen and oxygen atoms in total. The van der Waals surface area contributed by atoms with Gasteiger partial charge >= 0.3 is 0 Å². The van der Waals surface area contributed by atoms with Gasteiger partial charge in [-0.3, -0.25) is 0 Å². The molecule has 0 bridgehead atoms. The van der Waals surface area contributed by atoms with Crippen LogP contribution >= 0.6 is 0 Å². The minimum atomic E-state index is 0.245. The van der Waals surface area contributed by atoms with Gasteiger partial charge in [0.05, 0.1) is 18.8 Å². The second-order valence-electron chi connectivity index (χ2n) is 6.54. The van der Waals surface area contributed by atoms with Gasteiger partial charge in [0.1, 0.15) is 5.75 Å². The van der Waals surface area contributed by atoms with Crippen LogP contribution in [0.4, 0.5) is 0 Å². The first-order valence-electron chi connectivity index (χ1n) is 6.89. The summed E-state index contributed by atoms with van der Waals surface area (Å²) >= 11 is 0. The fourth-order valence-electron chi connectivity index (χ4n) is 3.16. The molecular weight excluding hydrogens is 224 g/mol. The Morgan fingerprint density at radius 3 is 2.61 bits per heavy atom. The van der Waals surface area contributed by atoms with E-state index in [0.29, 0.717) is 12.0 Å². The van der Waals surface area contributed by atoms with E-state index >= 15 is 0 Å². The second-order valence-corrected chi connectivity index (χ2v) is 6.54. The fraction of sp³-hybridized carbons (Fsp3) is 0.625. The molecular formula is C16H22O2. The maximum Gasteiger partial charge on any atom is 0.123 e. The molecule has 2 aliphatic heterocycles. The molecule has 18 heavy (non-hydrogen) atoms. The molecule has 1 saturated heterocycles. The Bertz CT molecular complexity index is 464. The van der Waals surface area contributed by atoms with E-state index in [1.807, 2.05) is 0 Å². The van der Waals surface area contributed by atoms with Crippen molar-refractivity contribution in [1.29, 1.82) is 0 Å². The summed E-state index contributed by atoms with van der Waals surface area (Å²) in [6.45, 7) is 9.82. The normalized spacial score (nSPS) is 33.2. The largest absolute Gasteiger partial charge is 0.490 e. The molecule has 0 saturated carbocycles. The summed E-state index contributed by atoms with van der Waals surface area (Å²) in [6, 6.07) is 6.57. The summed E-state index contributed by atoms with van der Waals surface area (Å²) < 4.78 is 11.6. The fourth-order valence-corrected chi connectivity index (χ4v) is 3.16. The lowest BCUT2D eigenvalue weighted by molar-refractivity contribution is -0.172. The van der Waals surface area contributed by atoms with Gasteiger partial charge in [-0.1, -0.05) is 26.8 Å². The van der Waals surface area contributed by atoms with E-state index in [1.165, 1.54) is 11.1 Å². The molecule has 2 heteroatoms. The van der Waals surface area contributed by atoms with Gasteiger partial charge in [0.25, 0.3) is 0 Å². The average molecular weight is 246 g/mol. The molecule has 0 N–H and O–H groups in total. The summed E-state index contributed by atoms with van der Waals surface area (Å²) in [7, 11) is 0. The third-order valence-electron chi connectivity index (χ3n) is 4.21. The third kappa shape index (κ3) is 1.83. The Kier molecular flexibility index (Phi) is 2.67. The molecule has 0 aliphatic carbocycles. The smallest absolute Gasteiger partial charge is 0.123 e. The van der Waals surface area contributed by atoms with Crippen LogP contribution in [-0.4, -0.2) is 12.7 Å². The minimum absolute atomic E-state index is 0.245. The highest BCUT2D eigenvalue weighted by atomic mass is 16.5. The number of hydrogen-bond acceptors (Lipinski definition) is 2. The quantitative estimate of drug-likeness (QED) is 0.744. The number of ether oxygens (including phenoxy) is 2. The second kappa shape index (κ2) is 3.99. The standard InChI is InChI=1S/C16H22O2/c1-10-7-11(2)18-14-6-5-12(8-13(10)14)15-16(3,4)9-17-15/h5-6,8,10-11,15H,7,9H2,1-4H3. The Labute approximate surface area is 109 Å². The maximum atomic E-state index is 5.90. The summed E-state index contributed by atoms with van der Waals surface area (Å²) in [4.78, 5) is 0. The van der Waals surface area contributed by atoms with Crippen molar-refractivity contribution < 1.29 is 9.47 Å². The van der Waals surface area contributed by atoms with E-state index in [0.717, 1.165) is 18.8 Å². The van der Waals surface area contributed by atoms with Crippen LogP contribution < -0.4 is 4.74 Å². The van der Waals surface area contributed by atoms with Gasteiger partial charge in [-0.2, -0.15) is 0 Å². The van der Waals surface area contributed by atoms with Crippen LogP contribution in [0, 0.1) is 5.41 Å². The minimum Gasteiger partial charge on any atom is -0.490 e. The zero-order valence-electron chi connectivity index (χ0n) is 11.7. The highest BCUT2D eigenvalue weighted by molar-refractivity contribution is 5.42. The van der Waals surface area contributed by atoms with Crippen molar-refractivity contribution in [3.05, 3.63) is 29.3 Å². The lowest BCUT2D eigenvalue weighted by atomic mass is 9.77. The van der Waals surface area contributed by atoms with Gasteiger partial charge in [-0.15, -0.1) is 0 Å². The summed E-state index contributed by atoms with van der Waals surface area (Å²) in [5, 5.41) is 0. The van der Waals surface area contributed by atoms with Gasteiger partial charge in [0, 0.05) is 5.41 Å². The molecule has 3 rings (SSSR count). The van der Waals surface area contributed by atoms with Crippen molar-refractivity contribution in [2.45, 2.75) is 52.2 Å². The number of benzene rings is 1. The Morgan fingerprint density at radius 1 is 1.22 bits per heavy atom. The van der Waals surface area contributed by atoms with Crippen molar-refractivity contribution in [2.24, 2.45) is 5.41 Å². The Morgan fingerprint density at radius 2 is 2.00 bits per heavy atom. The molecule has 3 unspecified atom stereocenters. The topological polar surface area (TPSA) is 18.5 Å². The first-order valence-corrected chi connectivity index (χ1v) is 6.89. The van der Waals surface area contributed by atoms with Crippen molar-refractivity contribution in [1.82, 2.24) is 0 Å². The Hall–Kier alpha value is -1.02. The van der Waals surface area contributed by atoms with E-state index in [4.69, 9.17) is 9.47 Å². The molecule has 98 valence electrons. The summed E-state index contributed by atoms with van der Waals surface area (Å²) in [6.07, 6.45) is 1.68. The molecule has 0 spiro atoms. The highest BCUT2D eigenvalue weighted by Crippen LogP contribution is 2.47. The van der Waals surface area contributed by atoms with Gasteiger partial charge in [0.2, 0.25) is 0 Å². The number of hydrogen-bond donors (Lipinski definition) is 0. The average Bonchev–Trinajstić information content (AvgIpc) is 2.28. The monoisotopic (exact) mass is 246 g/mol. The van der Waals surface area contributed by atoms with Crippen LogP contribution in [0.25, 0.3) is 0 Å². The third-order valence-corrected chi connectivity index (χ3v) is 4.21. The van der Waals surface area contributed by atoms with Crippen molar-refractivity contribution in [3.8, 4) is 5.75 Å². The van der Waals surface area contributed by atoms with Crippen molar-refractivity contribution in [3.63, 3.8) is 0 Å². The van der Waals surface area contributed by atoms with E-state index in [9.17, 15) is 0 Å². The van der Waals surface area contributed by atoms with Crippen LogP contribution in [0.2, 0.25) is 0 Å². The zero-order chi connectivity index (χ0) is 12.9. The SMILES string of the molecule is CC1CC(C)c2cc(C3OCC3(C)C)ccc2O1. The molecule has 1 fully saturated rings. The lowest BCUT2D eigenvalue weighted by Crippen LogP contribution is -2.40. The number of rotatable bonds is 1. The van der Waals surface area contributed by atoms with E-state index in [1.54, 1.807) is 0 Å². The van der Waals surface area contributed by atoms with E-state index in [2.05, 4.69) is 45.9 Å². The van der Waals surface area contributed by atoms with Crippen LogP contribution in [0.1, 0.15) is 57.3 Å². The molecule has 1 aromatic carbocycles. The predicted octanol–water partition coefficient (Wildman–Crippen LogP) is 4.06. The van der Waals surface area contributed by atoms with Crippen LogP contribution in [-0.2, 0) is 4.74 Å². The molecule has 3 atom stereocenters. The highest BCUT2D eigenvalue weighted by Gasteiger charge is 2.41. The number of fused-ring (bicyclic) bond motifs is 1. The van der Waals surface area contributed by atoms with Crippen LogP contribution in [0.3, 0.4) is 0 Å². The summed E-state index contributed by atoms with van der Waals surface area (Å²) in [5.74, 6) is 1.63. The molecule has 0 aromatic heterocycles. The van der Waals surface area contributed by atoms with Gasteiger partial charge in [0.15, 0.2) is 0 Å². The summed E-state index contributed by atoms with van der Waals surface area (Å²) in [5.41, 5.74) is 2.91. The lowest BCUT2D eigenvalue weighted by Gasteiger charge is -2.45. The van der Waals surface area contributed by atoms with Crippen LogP contribution in [0.5, 0.6) is 5.75 Å². The van der Waals surface area contributed by atoms with E-state index in [-0.39, 0.29) is 11.5 Å². The Balaban J connectivity index is 1.94. The molecule has 2 aliphatic rings. The van der Waals surface area contributed by atoms with Gasteiger partial charge in [-0.25, -0.2) is 0 Å². The van der Waals surface area contributed by atoms with Crippen LogP contribution in [0.15, 0.2) is 18.2 Å². The molecule has 0 amide bonds. The van der Waals surface area contributed by atoms with E-state index < -0.39 is 0 Å². The van der Waals surface area contributed by atoms with Gasteiger partial charge in [-0.05, 0) is 42.5 Å². The van der Waals surface area contributed by atoms with Crippen molar-refractivity contribution >= 4 is 0 Å². The van der Waals surface area contributed by atoms with Gasteiger partial charge < -0.3 is 9.47 Å². The first-order chi connectivity index (χ1) is 8.47. The molecule has 2 heterocycles. The predicted molar refractivity (Wildman–Crippen MR) is 72.0 cm³/mol. The zero-order valence-corrected chi connectivity index (χ0v) is 11.7. The first kappa shape index (κ1) is 12.0. The molecule has 0 radical (unpaired) electrons. The van der Waals surface area contributed by atoms with Crippen molar-refractivity contribution in [2.75, 3.05) is 6.61 Å². The maximum absolute atomic E-state index is 5.90. The molecule has 1 aromatic rings.